The molecule has 0 aliphatic heterocycles. The van der Waals surface area contributed by atoms with Gasteiger partial charge in [0.15, 0.2) is 0 Å². The molecule has 2 aliphatic rings. The van der Waals surface area contributed by atoms with Gasteiger partial charge >= 0.3 is 0 Å². The number of fused-ring (bicyclic) bond motifs is 2. The van der Waals surface area contributed by atoms with Gasteiger partial charge in [0.2, 0.25) is 0 Å². The van der Waals surface area contributed by atoms with E-state index >= 15 is 0 Å². The third kappa shape index (κ3) is 3.13. The molecule has 2 rings (SSSR count). The Hall–Kier alpha value is -0.240. The quantitative estimate of drug-likeness (QED) is 0.576. The molecule has 0 spiro atoms. The zero-order valence-electron chi connectivity index (χ0n) is 8.87. The van der Waals surface area contributed by atoms with E-state index < -0.39 is 9.05 Å². The average Bonchev–Trinajstić information content (AvgIpc) is 2.75. The molecule has 0 aromatic heterocycles. The summed E-state index contributed by atoms with van der Waals surface area (Å²) in [7, 11) is -3.59. The van der Waals surface area contributed by atoms with E-state index in [0.717, 1.165) is 12.3 Å². The number of rotatable bonds is 4. The van der Waals surface area contributed by atoms with Crippen LogP contribution in [0.1, 0.15) is 25.7 Å². The van der Waals surface area contributed by atoms with Gasteiger partial charge in [-0.3, -0.25) is 13.7 Å². The number of amidine groups is 1. The molecule has 0 amide bonds. The van der Waals surface area contributed by atoms with Gasteiger partial charge in [-0.05, 0) is 31.1 Å². The Kier molecular flexibility index (Phi) is 3.48. The first-order valence-corrected chi connectivity index (χ1v) is 7.74. The highest BCUT2D eigenvalue weighted by molar-refractivity contribution is 8.27. The Morgan fingerprint density at radius 3 is 2.81 bits per heavy atom. The van der Waals surface area contributed by atoms with E-state index in [2.05, 4.69) is 20.4 Å². The Bertz CT molecular complexity index is 394. The first-order valence-electron chi connectivity index (χ1n) is 5.38. The normalized spacial score (nSPS) is 37.6. The summed E-state index contributed by atoms with van der Waals surface area (Å²) in [5.41, 5.74) is 5.63. The fourth-order valence-electron chi connectivity index (χ4n) is 2.75. The topological polar surface area (TPSA) is 84.9 Å². The molecule has 2 fully saturated rings. The molecule has 5 nitrogen and oxygen atoms in total. The van der Waals surface area contributed by atoms with E-state index in [1.807, 2.05) is 0 Å². The zero-order chi connectivity index (χ0) is 11.8. The lowest BCUT2D eigenvalue weighted by Crippen LogP contribution is -2.25. The highest BCUT2D eigenvalue weighted by atomic mass is 32.9. The summed E-state index contributed by atoms with van der Waals surface area (Å²) in [6.45, 7) is -0.160. The van der Waals surface area contributed by atoms with Gasteiger partial charge in [-0.2, -0.15) is 4.21 Å². The van der Waals surface area contributed by atoms with Crippen molar-refractivity contribution in [3.05, 3.63) is 0 Å². The summed E-state index contributed by atoms with van der Waals surface area (Å²) in [6, 6.07) is 0.280. The van der Waals surface area contributed by atoms with Crippen LogP contribution in [0.3, 0.4) is 0 Å². The van der Waals surface area contributed by atoms with Gasteiger partial charge in [-0.25, -0.2) is 0 Å². The standard InChI is InChI=1S/C9H16N2O3S2/c10-9(5-14-16(12,13)15)11-8-4-6-1-2-7(8)3-6/h6-8H,1-5H2,(H2,10,11)(H,12,13,15). The lowest BCUT2D eigenvalue weighted by atomic mass is 9.96. The van der Waals surface area contributed by atoms with Crippen molar-refractivity contribution in [3.8, 4) is 0 Å². The van der Waals surface area contributed by atoms with Crippen LogP contribution in [0.4, 0.5) is 0 Å². The minimum Gasteiger partial charge on any atom is -0.385 e. The average molecular weight is 264 g/mol. The van der Waals surface area contributed by atoms with Crippen molar-refractivity contribution in [2.75, 3.05) is 6.61 Å². The predicted octanol–water partition coefficient (Wildman–Crippen LogP) is 0.683. The summed E-state index contributed by atoms with van der Waals surface area (Å²) in [6.07, 6.45) is 4.88. The number of aliphatic imine (C=N–C) groups is 1. The van der Waals surface area contributed by atoms with Crippen molar-refractivity contribution in [2.24, 2.45) is 22.6 Å². The summed E-state index contributed by atoms with van der Waals surface area (Å²) in [5, 5.41) is 0. The summed E-state index contributed by atoms with van der Waals surface area (Å²) < 4.78 is 24.0. The Morgan fingerprint density at radius 2 is 2.31 bits per heavy atom. The predicted molar refractivity (Wildman–Crippen MR) is 64.9 cm³/mol. The molecule has 92 valence electrons. The molecular weight excluding hydrogens is 248 g/mol. The van der Waals surface area contributed by atoms with Crippen LogP contribution >= 0.6 is 0 Å². The zero-order valence-corrected chi connectivity index (χ0v) is 10.5. The highest BCUT2D eigenvalue weighted by Gasteiger charge is 2.39. The van der Waals surface area contributed by atoms with Gasteiger partial charge in [0.05, 0.1) is 6.04 Å². The monoisotopic (exact) mass is 264 g/mol. The largest absolute Gasteiger partial charge is 0.385 e. The van der Waals surface area contributed by atoms with Crippen LogP contribution < -0.4 is 5.73 Å². The van der Waals surface area contributed by atoms with Crippen molar-refractivity contribution in [2.45, 2.75) is 31.7 Å². The fraction of sp³-hybridized carbons (Fsp3) is 0.889. The third-order valence-corrected chi connectivity index (χ3v) is 4.09. The first kappa shape index (κ1) is 12.2. The molecule has 0 aromatic carbocycles. The minimum absolute atomic E-state index is 0.160. The van der Waals surface area contributed by atoms with Crippen molar-refractivity contribution in [1.29, 1.82) is 0 Å². The van der Waals surface area contributed by atoms with Gasteiger partial charge in [0.1, 0.15) is 12.4 Å². The van der Waals surface area contributed by atoms with Crippen LogP contribution in [0.15, 0.2) is 4.99 Å². The van der Waals surface area contributed by atoms with Crippen LogP contribution in [0, 0.1) is 11.8 Å². The molecule has 0 saturated heterocycles. The molecule has 0 heterocycles. The summed E-state index contributed by atoms with van der Waals surface area (Å²) >= 11 is 4.19. The van der Waals surface area contributed by atoms with Crippen molar-refractivity contribution in [1.82, 2.24) is 0 Å². The summed E-state index contributed by atoms with van der Waals surface area (Å²) in [5.74, 6) is 1.71. The molecule has 4 unspecified atom stereocenters. The maximum Gasteiger partial charge on any atom is 0.266 e. The Balaban J connectivity index is 1.87. The van der Waals surface area contributed by atoms with Gasteiger partial charge in [-0.1, -0.05) is 6.42 Å². The maximum absolute atomic E-state index is 10.7. The molecule has 0 aromatic rings. The minimum atomic E-state index is -3.59. The van der Waals surface area contributed by atoms with Crippen LogP contribution in [0.5, 0.6) is 0 Å². The van der Waals surface area contributed by atoms with E-state index in [9.17, 15) is 4.21 Å². The number of nitrogens with two attached hydrogens (primary N) is 1. The van der Waals surface area contributed by atoms with Crippen molar-refractivity contribution in [3.63, 3.8) is 0 Å². The van der Waals surface area contributed by atoms with Crippen LogP contribution in [-0.4, -0.2) is 27.2 Å². The Labute approximate surface area is 100 Å². The first-order chi connectivity index (χ1) is 7.44. The van der Waals surface area contributed by atoms with Crippen LogP contribution in [0.25, 0.3) is 0 Å². The van der Waals surface area contributed by atoms with Gasteiger partial charge in [-0.15, -0.1) is 0 Å². The van der Waals surface area contributed by atoms with E-state index in [-0.39, 0.29) is 18.5 Å². The van der Waals surface area contributed by atoms with Gasteiger partial charge in [0.25, 0.3) is 9.05 Å². The van der Waals surface area contributed by atoms with Crippen molar-refractivity contribution < 1.29 is 12.9 Å². The molecular formula is C9H16N2O3S2. The number of nitrogens with zero attached hydrogens (tertiary/aromatic N) is 1. The maximum atomic E-state index is 10.7. The second-order valence-electron chi connectivity index (χ2n) is 4.55. The fourth-order valence-corrected chi connectivity index (χ4v) is 3.17. The van der Waals surface area contributed by atoms with E-state index in [1.54, 1.807) is 0 Å². The number of hydrogen-bond acceptors (Lipinski definition) is 4. The van der Waals surface area contributed by atoms with Crippen LogP contribution in [-0.2, 0) is 24.4 Å². The second-order valence-corrected chi connectivity index (χ2v) is 6.91. The summed E-state index contributed by atoms with van der Waals surface area (Å²) in [4.78, 5) is 4.35. The molecule has 3 N–H and O–H groups in total. The van der Waals surface area contributed by atoms with Gasteiger partial charge < -0.3 is 5.73 Å². The third-order valence-electron chi connectivity index (χ3n) is 3.39. The number of hydrogen-bond donors (Lipinski definition) is 2. The second kappa shape index (κ2) is 4.56. The van der Waals surface area contributed by atoms with Crippen molar-refractivity contribution >= 4 is 26.1 Å². The molecule has 4 atom stereocenters. The smallest absolute Gasteiger partial charge is 0.266 e. The highest BCUT2D eigenvalue weighted by Crippen LogP contribution is 2.45. The molecule has 0 radical (unpaired) electrons. The lowest BCUT2D eigenvalue weighted by Gasteiger charge is -2.18. The van der Waals surface area contributed by atoms with Gasteiger partial charge in [0, 0.05) is 11.2 Å². The Morgan fingerprint density at radius 1 is 1.56 bits per heavy atom. The van der Waals surface area contributed by atoms with E-state index in [1.165, 1.54) is 19.3 Å². The molecule has 7 heteroatoms. The molecule has 2 saturated carbocycles. The lowest BCUT2D eigenvalue weighted by molar-refractivity contribution is 0.346. The SMILES string of the molecule is NC(COS(=O)(O)=S)=NC1CC2CCC1C2. The molecule has 2 aliphatic carbocycles. The van der Waals surface area contributed by atoms with E-state index in [4.69, 9.17) is 10.3 Å². The van der Waals surface area contributed by atoms with Crippen LogP contribution in [0.2, 0.25) is 0 Å². The molecule has 16 heavy (non-hydrogen) atoms. The molecule has 2 bridgehead atoms. The van der Waals surface area contributed by atoms with E-state index in [0.29, 0.717) is 5.92 Å².